The number of carbonyl (C=O) groups is 2. The normalized spacial score (nSPS) is 9.83. The Morgan fingerprint density at radius 2 is 1.41 bits per heavy atom. The van der Waals surface area contributed by atoms with Gasteiger partial charge in [0.2, 0.25) is 6.41 Å². The van der Waals surface area contributed by atoms with Gasteiger partial charge in [-0.3, -0.25) is 9.59 Å². The summed E-state index contributed by atoms with van der Waals surface area (Å²) in [5, 5.41) is 3.29. The fraction of sp³-hybridized carbons (Fsp3) is 0.500. The van der Waals surface area contributed by atoms with Gasteiger partial charge < -0.3 is 38.7 Å². The molecule has 0 unspecified atom stereocenters. The van der Waals surface area contributed by atoms with Crippen LogP contribution < -0.4 is 10.1 Å². The number of pyridine rings is 1. The highest BCUT2D eigenvalue weighted by Crippen LogP contribution is 2.17. The average Bonchev–Trinajstić information content (AvgIpc) is 3.41. The van der Waals surface area contributed by atoms with Crippen molar-refractivity contribution in [1.29, 1.82) is 0 Å². The summed E-state index contributed by atoms with van der Waals surface area (Å²) in [6, 6.07) is 11.4. The quantitative estimate of drug-likeness (QED) is 0.141. The highest BCUT2D eigenvalue weighted by Gasteiger charge is 2.06. The molecule has 11 heteroatoms. The fourth-order valence-electron chi connectivity index (χ4n) is 2.89. The van der Waals surface area contributed by atoms with Gasteiger partial charge >= 0.3 is 0 Å². The monoisotopic (exact) mass is 577 g/mol. The van der Waals surface area contributed by atoms with E-state index in [0.29, 0.717) is 76.3 Å². The number of hydrogen-bond acceptors (Lipinski definition) is 9. The van der Waals surface area contributed by atoms with Crippen molar-refractivity contribution in [3.05, 3.63) is 53.9 Å². The number of methoxy groups -OCH3 is 2. The molecule has 0 atom stereocenters. The highest BCUT2D eigenvalue weighted by molar-refractivity contribution is 5.97. The summed E-state index contributed by atoms with van der Waals surface area (Å²) in [4.78, 5) is 28.3. The van der Waals surface area contributed by atoms with Crippen molar-refractivity contribution in [1.82, 2.24) is 9.97 Å². The lowest BCUT2D eigenvalue weighted by Gasteiger charge is -2.08. The third kappa shape index (κ3) is 18.6. The number of nitrogens with zero attached hydrogens (tertiary/aromatic N) is 1. The number of aromatic amines is 1. The van der Waals surface area contributed by atoms with Crippen molar-refractivity contribution in [2.75, 3.05) is 79.5 Å². The lowest BCUT2D eigenvalue weighted by atomic mass is 10.2. The van der Waals surface area contributed by atoms with Crippen LogP contribution in [-0.4, -0.2) is 96.3 Å². The van der Waals surface area contributed by atoms with Crippen LogP contribution in [0.1, 0.15) is 36.8 Å². The molecule has 0 aliphatic carbocycles. The molecular formula is C30H47N3O8. The minimum absolute atomic E-state index is 0.0436. The first-order valence-corrected chi connectivity index (χ1v) is 13.5. The lowest BCUT2D eigenvalue weighted by molar-refractivity contribution is -0.105. The number of rotatable bonds is 16. The van der Waals surface area contributed by atoms with Crippen molar-refractivity contribution in [3.8, 4) is 5.75 Å². The number of ether oxygens (including phenoxy) is 6. The van der Waals surface area contributed by atoms with Crippen LogP contribution in [0.2, 0.25) is 0 Å². The first kappa shape index (κ1) is 37.6. The Morgan fingerprint density at radius 3 is 1.93 bits per heavy atom. The van der Waals surface area contributed by atoms with Crippen LogP contribution in [0.15, 0.2) is 42.6 Å². The Bertz CT molecular complexity index is 1060. The van der Waals surface area contributed by atoms with Gasteiger partial charge in [0.15, 0.2) is 5.78 Å². The van der Waals surface area contributed by atoms with E-state index in [1.807, 2.05) is 38.1 Å². The van der Waals surface area contributed by atoms with Crippen LogP contribution in [0.3, 0.4) is 0 Å². The number of fused-ring (bicyclic) bond motifs is 1. The second kappa shape index (κ2) is 25.6. The van der Waals surface area contributed by atoms with Crippen molar-refractivity contribution < 1.29 is 38.0 Å². The van der Waals surface area contributed by atoms with Gasteiger partial charge in [-0.2, -0.15) is 0 Å². The van der Waals surface area contributed by atoms with Gasteiger partial charge in [-0.05, 0) is 31.2 Å². The molecule has 0 aliphatic rings. The minimum atomic E-state index is -0.0436. The molecule has 3 rings (SSSR count). The highest BCUT2D eigenvalue weighted by atomic mass is 16.6. The Balaban J connectivity index is 0.000000697. The average molecular weight is 578 g/mol. The molecule has 0 saturated heterocycles. The molecule has 1 aromatic carbocycles. The Labute approximate surface area is 243 Å². The number of benzene rings is 1. The SMILES string of the molecule is CC.CC(=O)c1cc2cc(NC=O)cnc2[nH]1.COC.COCCOCCOCCOCCOc1ccc(C)cc1. The summed E-state index contributed by atoms with van der Waals surface area (Å²) < 4.78 is 30.7. The molecule has 2 aromatic heterocycles. The maximum absolute atomic E-state index is 11.1. The van der Waals surface area contributed by atoms with Gasteiger partial charge in [0.1, 0.15) is 18.0 Å². The van der Waals surface area contributed by atoms with E-state index in [4.69, 9.17) is 23.7 Å². The van der Waals surface area contributed by atoms with Crippen molar-refractivity contribution in [3.63, 3.8) is 0 Å². The van der Waals surface area contributed by atoms with Gasteiger partial charge in [0, 0.05) is 33.6 Å². The van der Waals surface area contributed by atoms with E-state index in [1.165, 1.54) is 18.7 Å². The van der Waals surface area contributed by atoms with E-state index in [2.05, 4.69) is 26.9 Å². The summed E-state index contributed by atoms with van der Waals surface area (Å²) in [6.45, 7) is 12.1. The number of amides is 1. The van der Waals surface area contributed by atoms with Crippen molar-refractivity contribution in [2.45, 2.75) is 27.7 Å². The molecule has 2 heterocycles. The Morgan fingerprint density at radius 1 is 0.878 bits per heavy atom. The number of hydrogen-bond donors (Lipinski definition) is 2. The van der Waals surface area contributed by atoms with E-state index in [-0.39, 0.29) is 5.78 Å². The van der Waals surface area contributed by atoms with Gasteiger partial charge in [-0.15, -0.1) is 0 Å². The number of Topliss-reactive ketones (excluding diaryl/α,β-unsaturated/α-hetero) is 1. The second-order valence-corrected chi connectivity index (χ2v) is 8.06. The van der Waals surface area contributed by atoms with Crippen LogP contribution in [0.5, 0.6) is 5.75 Å². The fourth-order valence-corrected chi connectivity index (χ4v) is 2.89. The number of carbonyl (C=O) groups excluding carboxylic acids is 2. The van der Waals surface area contributed by atoms with Gasteiger partial charge in [0.05, 0.1) is 63.8 Å². The van der Waals surface area contributed by atoms with Crippen molar-refractivity contribution in [2.24, 2.45) is 0 Å². The Hall–Kier alpha value is -3.35. The molecule has 1 amide bonds. The van der Waals surface area contributed by atoms with E-state index in [9.17, 15) is 9.59 Å². The number of ketones is 1. The second-order valence-electron chi connectivity index (χ2n) is 8.06. The Kier molecular flexibility index (Phi) is 23.5. The number of aryl methyl sites for hydroxylation is 1. The van der Waals surface area contributed by atoms with Gasteiger partial charge in [-0.25, -0.2) is 4.98 Å². The molecule has 0 spiro atoms. The predicted octanol–water partition coefficient (Wildman–Crippen LogP) is 4.69. The molecule has 0 saturated carbocycles. The van der Waals surface area contributed by atoms with E-state index >= 15 is 0 Å². The molecule has 0 radical (unpaired) electrons. The maximum Gasteiger partial charge on any atom is 0.211 e. The summed E-state index contributed by atoms with van der Waals surface area (Å²) >= 11 is 0. The summed E-state index contributed by atoms with van der Waals surface area (Å²) in [5.41, 5.74) is 2.98. The molecule has 41 heavy (non-hydrogen) atoms. The van der Waals surface area contributed by atoms with E-state index in [1.54, 1.807) is 33.5 Å². The number of aromatic nitrogens is 2. The third-order valence-corrected chi connectivity index (χ3v) is 4.77. The molecule has 0 bridgehead atoms. The zero-order chi connectivity index (χ0) is 30.7. The largest absolute Gasteiger partial charge is 0.491 e. The number of H-pyrrole nitrogens is 1. The topological polar surface area (TPSA) is 130 Å². The van der Waals surface area contributed by atoms with Crippen LogP contribution in [0, 0.1) is 6.92 Å². The molecule has 0 aliphatic heterocycles. The van der Waals surface area contributed by atoms with Gasteiger partial charge in [-0.1, -0.05) is 31.5 Å². The molecule has 230 valence electrons. The first-order valence-electron chi connectivity index (χ1n) is 13.5. The third-order valence-electron chi connectivity index (χ3n) is 4.77. The summed E-state index contributed by atoms with van der Waals surface area (Å²) in [5.74, 6) is 0.826. The summed E-state index contributed by atoms with van der Waals surface area (Å²) in [7, 11) is 4.90. The van der Waals surface area contributed by atoms with E-state index < -0.39 is 0 Å². The molecule has 3 aromatic rings. The predicted molar refractivity (Wildman–Crippen MR) is 161 cm³/mol. The standard InChI is InChI=1S/C16H26O5.C10H9N3O2.C2H6O.C2H6/c1-15-3-5-16(6-4-15)21-14-13-20-12-11-19-10-9-18-8-7-17-2;1-6(15)9-3-7-2-8(12-5-14)4-11-10(7)13-9;1-3-2;1-2/h3-6H,7-14H2,1-2H3;2-5H,1H3,(H,11,13)(H,12,14);1-2H3;1-2H3. The number of anilines is 1. The van der Waals surface area contributed by atoms with Crippen LogP contribution in [0.25, 0.3) is 11.0 Å². The van der Waals surface area contributed by atoms with Crippen LogP contribution in [0.4, 0.5) is 5.69 Å². The van der Waals surface area contributed by atoms with Crippen LogP contribution in [-0.2, 0) is 28.5 Å². The minimum Gasteiger partial charge on any atom is -0.491 e. The molecule has 11 nitrogen and oxygen atoms in total. The molecular weight excluding hydrogens is 530 g/mol. The lowest BCUT2D eigenvalue weighted by Crippen LogP contribution is -2.13. The summed E-state index contributed by atoms with van der Waals surface area (Å²) in [6.07, 6.45) is 2.11. The molecule has 0 fully saturated rings. The van der Waals surface area contributed by atoms with Crippen LogP contribution >= 0.6 is 0 Å². The maximum atomic E-state index is 11.1. The van der Waals surface area contributed by atoms with Crippen molar-refractivity contribution >= 4 is 28.9 Å². The zero-order valence-corrected chi connectivity index (χ0v) is 25.5. The number of nitrogens with one attached hydrogen (secondary N) is 2. The first-order chi connectivity index (χ1) is 19.9. The smallest absolute Gasteiger partial charge is 0.211 e. The zero-order valence-electron chi connectivity index (χ0n) is 25.5. The molecule has 2 N–H and O–H groups in total. The van der Waals surface area contributed by atoms with Gasteiger partial charge in [0.25, 0.3) is 0 Å². The van der Waals surface area contributed by atoms with E-state index in [0.717, 1.165) is 11.1 Å².